The smallest absolute Gasteiger partial charge is 0.258 e. The maximum atomic E-state index is 12.0. The number of fused-ring (bicyclic) bond motifs is 1. The van der Waals surface area contributed by atoms with Gasteiger partial charge in [0, 0.05) is 36.8 Å². The van der Waals surface area contributed by atoms with E-state index in [9.17, 15) is 4.79 Å². The quantitative estimate of drug-likeness (QED) is 0.926. The van der Waals surface area contributed by atoms with Crippen LogP contribution in [0.5, 0.6) is 0 Å². The van der Waals surface area contributed by atoms with Crippen LogP contribution in [0.3, 0.4) is 0 Å². The highest BCUT2D eigenvalue weighted by molar-refractivity contribution is 7.15. The minimum absolute atomic E-state index is 0.000857. The average molecular weight is 292 g/mol. The average Bonchev–Trinajstić information content (AvgIpc) is 2.89. The van der Waals surface area contributed by atoms with Crippen molar-refractivity contribution in [2.75, 3.05) is 13.1 Å². The molecule has 2 atom stereocenters. The van der Waals surface area contributed by atoms with Gasteiger partial charge in [-0.15, -0.1) is 11.3 Å². The minimum Gasteiger partial charge on any atom is -0.329 e. The first-order valence-electron chi connectivity index (χ1n) is 7.07. The van der Waals surface area contributed by atoms with Crippen LogP contribution in [-0.4, -0.2) is 33.4 Å². The van der Waals surface area contributed by atoms with Crippen molar-refractivity contribution in [2.45, 2.75) is 32.4 Å². The zero-order chi connectivity index (χ0) is 14.1. The molecule has 108 valence electrons. The number of nitrogens with two attached hydrogens (primary N) is 1. The van der Waals surface area contributed by atoms with Gasteiger partial charge in [-0.25, -0.2) is 4.98 Å². The van der Waals surface area contributed by atoms with E-state index >= 15 is 0 Å². The first-order valence-corrected chi connectivity index (χ1v) is 7.95. The van der Waals surface area contributed by atoms with Gasteiger partial charge in [0.05, 0.1) is 5.69 Å². The van der Waals surface area contributed by atoms with E-state index in [1.807, 2.05) is 5.38 Å². The third-order valence-corrected chi connectivity index (χ3v) is 4.85. The SMILES string of the molecule is CC1CCN(Cc2cc(=O)n3ccsc3n2)C(CN)C1. The Labute approximate surface area is 122 Å². The molecule has 3 rings (SSSR count). The fraction of sp³-hybridized carbons (Fsp3) is 0.571. The molecule has 0 spiro atoms. The predicted octanol–water partition coefficient (Wildman–Crippen LogP) is 1.32. The lowest BCUT2D eigenvalue weighted by molar-refractivity contribution is 0.114. The zero-order valence-corrected chi connectivity index (χ0v) is 12.5. The summed E-state index contributed by atoms with van der Waals surface area (Å²) in [5, 5.41) is 1.89. The Hall–Kier alpha value is -1.24. The highest BCUT2D eigenvalue weighted by atomic mass is 32.1. The molecular weight excluding hydrogens is 272 g/mol. The second-order valence-electron chi connectivity index (χ2n) is 5.63. The van der Waals surface area contributed by atoms with Gasteiger partial charge in [-0.3, -0.25) is 14.1 Å². The molecule has 1 aliphatic heterocycles. The normalized spacial score (nSPS) is 24.3. The molecule has 1 saturated heterocycles. The summed E-state index contributed by atoms with van der Waals surface area (Å²) in [7, 11) is 0. The molecule has 2 aromatic rings. The van der Waals surface area contributed by atoms with Gasteiger partial charge in [0.25, 0.3) is 5.56 Å². The standard InChI is InChI=1S/C14H20N4OS/c1-10-2-3-17(12(6-10)8-15)9-11-7-13(19)18-4-5-20-14(18)16-11/h4-5,7,10,12H,2-3,6,8-9,15H2,1H3. The number of rotatable bonds is 3. The van der Waals surface area contributed by atoms with Crippen molar-refractivity contribution in [3.63, 3.8) is 0 Å². The van der Waals surface area contributed by atoms with E-state index in [2.05, 4.69) is 16.8 Å². The molecular formula is C14H20N4OS. The Balaban J connectivity index is 1.83. The number of likely N-dealkylation sites (tertiary alicyclic amines) is 1. The molecule has 0 aliphatic carbocycles. The van der Waals surface area contributed by atoms with Gasteiger partial charge < -0.3 is 5.73 Å². The van der Waals surface area contributed by atoms with Gasteiger partial charge in [-0.2, -0.15) is 0 Å². The van der Waals surface area contributed by atoms with Gasteiger partial charge >= 0.3 is 0 Å². The molecule has 0 radical (unpaired) electrons. The van der Waals surface area contributed by atoms with Gasteiger partial charge in [0.1, 0.15) is 0 Å². The van der Waals surface area contributed by atoms with Crippen LogP contribution in [-0.2, 0) is 6.54 Å². The van der Waals surface area contributed by atoms with Crippen molar-refractivity contribution in [1.82, 2.24) is 14.3 Å². The fourth-order valence-electron chi connectivity index (χ4n) is 2.93. The molecule has 6 heteroatoms. The van der Waals surface area contributed by atoms with Crippen LogP contribution >= 0.6 is 11.3 Å². The Morgan fingerprint density at radius 3 is 3.20 bits per heavy atom. The maximum absolute atomic E-state index is 12.0. The number of hydrogen-bond acceptors (Lipinski definition) is 5. The molecule has 0 amide bonds. The van der Waals surface area contributed by atoms with E-state index in [-0.39, 0.29) is 5.56 Å². The fourth-order valence-corrected chi connectivity index (χ4v) is 3.67. The first kappa shape index (κ1) is 13.7. The monoisotopic (exact) mass is 292 g/mol. The lowest BCUT2D eigenvalue weighted by Gasteiger charge is -2.37. The van der Waals surface area contributed by atoms with E-state index in [1.165, 1.54) is 17.8 Å². The van der Waals surface area contributed by atoms with Crippen molar-refractivity contribution in [1.29, 1.82) is 0 Å². The van der Waals surface area contributed by atoms with E-state index in [4.69, 9.17) is 5.73 Å². The van der Waals surface area contributed by atoms with Gasteiger partial charge in [-0.05, 0) is 25.3 Å². The Morgan fingerprint density at radius 1 is 1.55 bits per heavy atom. The molecule has 0 bridgehead atoms. The predicted molar refractivity (Wildman–Crippen MR) is 81.0 cm³/mol. The zero-order valence-electron chi connectivity index (χ0n) is 11.7. The van der Waals surface area contributed by atoms with Crippen molar-refractivity contribution < 1.29 is 0 Å². The first-order chi connectivity index (χ1) is 9.67. The summed E-state index contributed by atoms with van der Waals surface area (Å²) >= 11 is 1.49. The Kier molecular flexibility index (Phi) is 3.87. The maximum Gasteiger partial charge on any atom is 0.258 e. The summed E-state index contributed by atoms with van der Waals surface area (Å²) in [4.78, 5) is 19.7. The topological polar surface area (TPSA) is 63.6 Å². The van der Waals surface area contributed by atoms with E-state index in [0.29, 0.717) is 12.6 Å². The molecule has 2 N–H and O–H groups in total. The van der Waals surface area contributed by atoms with Crippen LogP contribution in [0.25, 0.3) is 4.96 Å². The molecule has 2 unspecified atom stereocenters. The van der Waals surface area contributed by atoms with E-state index < -0.39 is 0 Å². The second-order valence-corrected chi connectivity index (χ2v) is 6.50. The van der Waals surface area contributed by atoms with E-state index in [0.717, 1.165) is 36.1 Å². The third-order valence-electron chi connectivity index (χ3n) is 4.09. The molecule has 1 fully saturated rings. The summed E-state index contributed by atoms with van der Waals surface area (Å²) in [6, 6.07) is 2.05. The second kappa shape index (κ2) is 5.63. The van der Waals surface area contributed by atoms with Crippen molar-refractivity contribution in [3.8, 4) is 0 Å². The van der Waals surface area contributed by atoms with Crippen LogP contribution in [0.2, 0.25) is 0 Å². The molecule has 1 aliphatic rings. The van der Waals surface area contributed by atoms with Crippen LogP contribution in [0, 0.1) is 5.92 Å². The molecule has 0 saturated carbocycles. The van der Waals surface area contributed by atoms with Crippen LogP contribution < -0.4 is 11.3 Å². The number of nitrogens with zero attached hydrogens (tertiary/aromatic N) is 3. The lowest BCUT2D eigenvalue weighted by atomic mass is 9.92. The summed E-state index contributed by atoms with van der Waals surface area (Å²) in [6.45, 7) is 4.71. The number of piperidine rings is 1. The summed E-state index contributed by atoms with van der Waals surface area (Å²) in [5.74, 6) is 0.734. The third kappa shape index (κ3) is 2.63. The molecule has 0 aromatic carbocycles. The highest BCUT2D eigenvalue weighted by Gasteiger charge is 2.25. The van der Waals surface area contributed by atoms with Crippen LogP contribution in [0.1, 0.15) is 25.5 Å². The number of aromatic nitrogens is 2. The number of thiazole rings is 1. The molecule has 5 nitrogen and oxygen atoms in total. The Bertz CT molecular complexity index is 650. The minimum atomic E-state index is 0.000857. The lowest BCUT2D eigenvalue weighted by Crippen LogP contribution is -2.45. The van der Waals surface area contributed by atoms with Crippen molar-refractivity contribution in [2.24, 2.45) is 11.7 Å². The highest BCUT2D eigenvalue weighted by Crippen LogP contribution is 2.23. The van der Waals surface area contributed by atoms with Crippen molar-refractivity contribution in [3.05, 3.63) is 33.7 Å². The summed E-state index contributed by atoms with van der Waals surface area (Å²) in [6.07, 6.45) is 4.10. The van der Waals surface area contributed by atoms with Gasteiger partial charge in [-0.1, -0.05) is 6.92 Å². The molecule has 3 heterocycles. The summed E-state index contributed by atoms with van der Waals surface area (Å²) < 4.78 is 1.59. The molecule has 2 aromatic heterocycles. The molecule has 20 heavy (non-hydrogen) atoms. The number of hydrogen-bond donors (Lipinski definition) is 1. The van der Waals surface area contributed by atoms with Gasteiger partial charge in [0.15, 0.2) is 4.96 Å². The van der Waals surface area contributed by atoms with Crippen LogP contribution in [0.4, 0.5) is 0 Å². The Morgan fingerprint density at radius 2 is 2.40 bits per heavy atom. The van der Waals surface area contributed by atoms with Crippen molar-refractivity contribution >= 4 is 16.3 Å². The summed E-state index contributed by atoms with van der Waals surface area (Å²) in [5.41, 5.74) is 6.74. The van der Waals surface area contributed by atoms with Gasteiger partial charge in [0.2, 0.25) is 0 Å². The van der Waals surface area contributed by atoms with E-state index in [1.54, 1.807) is 16.7 Å². The van der Waals surface area contributed by atoms with Crippen LogP contribution in [0.15, 0.2) is 22.4 Å². The largest absolute Gasteiger partial charge is 0.329 e.